The van der Waals surface area contributed by atoms with Gasteiger partial charge < -0.3 is 14.5 Å². The van der Waals surface area contributed by atoms with Crippen LogP contribution in [0.25, 0.3) is 0 Å². The fraction of sp³-hybridized carbons (Fsp3) is 0.368. The number of halogens is 1. The quantitative estimate of drug-likeness (QED) is 0.762. The average Bonchev–Trinajstić information content (AvgIpc) is 2.70. The normalized spacial score (nSPS) is 15.4. The number of amides is 1. The summed E-state index contributed by atoms with van der Waals surface area (Å²) in [6, 6.07) is 5.85. The van der Waals surface area contributed by atoms with Gasteiger partial charge in [0.2, 0.25) is 5.95 Å². The number of piperazine rings is 1. The summed E-state index contributed by atoms with van der Waals surface area (Å²) >= 11 is 0. The topological polar surface area (TPSA) is 75.6 Å². The van der Waals surface area contributed by atoms with E-state index in [2.05, 4.69) is 9.97 Å². The Labute approximate surface area is 156 Å². The van der Waals surface area contributed by atoms with E-state index < -0.39 is 17.9 Å². The van der Waals surface area contributed by atoms with Crippen molar-refractivity contribution in [2.24, 2.45) is 0 Å². The molecule has 142 valence electrons. The van der Waals surface area contributed by atoms with Gasteiger partial charge in [0.05, 0.1) is 5.56 Å². The van der Waals surface area contributed by atoms with Gasteiger partial charge in [0.25, 0.3) is 5.91 Å². The van der Waals surface area contributed by atoms with Crippen LogP contribution in [-0.4, -0.2) is 59.0 Å². The lowest BCUT2D eigenvalue weighted by Gasteiger charge is -2.35. The third kappa shape index (κ3) is 4.39. The molecule has 0 spiro atoms. The summed E-state index contributed by atoms with van der Waals surface area (Å²) < 4.78 is 18.8. The maximum absolute atomic E-state index is 13.6. The third-order valence-electron chi connectivity index (χ3n) is 4.47. The van der Waals surface area contributed by atoms with Crippen LogP contribution < -0.4 is 4.90 Å². The minimum atomic E-state index is -0.943. The first-order chi connectivity index (χ1) is 13.0. The molecule has 2 aromatic rings. The Morgan fingerprint density at radius 2 is 1.81 bits per heavy atom. The minimum Gasteiger partial charge on any atom is -0.449 e. The molecule has 1 aromatic heterocycles. The van der Waals surface area contributed by atoms with Crippen molar-refractivity contribution in [3.05, 3.63) is 53.6 Å². The molecule has 0 aliphatic carbocycles. The van der Waals surface area contributed by atoms with Gasteiger partial charge in [0, 0.05) is 38.6 Å². The lowest BCUT2D eigenvalue weighted by molar-refractivity contribution is -0.140. The van der Waals surface area contributed by atoms with Crippen molar-refractivity contribution < 1.29 is 18.7 Å². The molecule has 2 heterocycles. The minimum absolute atomic E-state index is 0.0868. The highest BCUT2D eigenvalue weighted by atomic mass is 19.1. The van der Waals surface area contributed by atoms with Crippen molar-refractivity contribution in [3.8, 4) is 0 Å². The summed E-state index contributed by atoms with van der Waals surface area (Å²) in [6.07, 6.45) is 2.41. The molecule has 8 heteroatoms. The summed E-state index contributed by atoms with van der Waals surface area (Å²) in [6.45, 7) is 5.30. The first-order valence-electron chi connectivity index (χ1n) is 8.73. The number of esters is 1. The number of nitrogens with zero attached hydrogens (tertiary/aromatic N) is 4. The fourth-order valence-electron chi connectivity index (χ4n) is 2.84. The second-order valence-corrected chi connectivity index (χ2v) is 6.37. The number of ether oxygens (including phenoxy) is 1. The van der Waals surface area contributed by atoms with Gasteiger partial charge in [-0.25, -0.2) is 19.2 Å². The van der Waals surface area contributed by atoms with Gasteiger partial charge in [-0.05, 0) is 37.6 Å². The number of aryl methyl sites for hydroxylation is 1. The predicted octanol–water partition coefficient (Wildman–Crippen LogP) is 1.82. The van der Waals surface area contributed by atoms with Crippen LogP contribution in [0.1, 0.15) is 22.8 Å². The molecule has 27 heavy (non-hydrogen) atoms. The molecule has 1 saturated heterocycles. The number of carbonyl (C=O) groups excluding carboxylic acids is 2. The van der Waals surface area contributed by atoms with Crippen LogP contribution in [0.15, 0.2) is 36.7 Å². The summed E-state index contributed by atoms with van der Waals surface area (Å²) in [7, 11) is 0. The standard InChI is InChI=1S/C19H21FN4O3/c1-13-4-5-15(12-16(13)20)18(26)27-14(2)17(25)23-8-10-24(11-9-23)19-21-6-3-7-22-19/h3-7,12,14H,8-11H2,1-2H3. The van der Waals surface area contributed by atoms with Gasteiger partial charge in [-0.15, -0.1) is 0 Å². The molecule has 0 bridgehead atoms. The van der Waals surface area contributed by atoms with Crippen LogP contribution in [0.3, 0.4) is 0 Å². The maximum Gasteiger partial charge on any atom is 0.339 e. The van der Waals surface area contributed by atoms with E-state index >= 15 is 0 Å². The Balaban J connectivity index is 1.55. The molecule has 1 atom stereocenters. The molecule has 1 fully saturated rings. The monoisotopic (exact) mass is 372 g/mol. The largest absolute Gasteiger partial charge is 0.449 e. The zero-order valence-corrected chi connectivity index (χ0v) is 15.3. The first kappa shape index (κ1) is 18.8. The Bertz CT molecular complexity index is 823. The number of anilines is 1. The number of hydrogen-bond acceptors (Lipinski definition) is 6. The van der Waals surface area contributed by atoms with Gasteiger partial charge in [-0.2, -0.15) is 0 Å². The highest BCUT2D eigenvalue weighted by Gasteiger charge is 2.28. The number of aromatic nitrogens is 2. The smallest absolute Gasteiger partial charge is 0.339 e. The van der Waals surface area contributed by atoms with Crippen molar-refractivity contribution in [1.29, 1.82) is 0 Å². The fourth-order valence-corrected chi connectivity index (χ4v) is 2.84. The van der Waals surface area contributed by atoms with Gasteiger partial charge in [0.1, 0.15) is 5.82 Å². The molecule has 0 saturated carbocycles. The van der Waals surface area contributed by atoms with Crippen molar-refractivity contribution in [1.82, 2.24) is 14.9 Å². The maximum atomic E-state index is 13.6. The number of carbonyl (C=O) groups is 2. The van der Waals surface area contributed by atoms with Gasteiger partial charge in [-0.3, -0.25) is 4.79 Å². The lowest BCUT2D eigenvalue weighted by Crippen LogP contribution is -2.52. The van der Waals surface area contributed by atoms with Crippen molar-refractivity contribution in [2.75, 3.05) is 31.1 Å². The summed E-state index contributed by atoms with van der Waals surface area (Å²) in [5.41, 5.74) is 0.528. The Morgan fingerprint density at radius 1 is 1.15 bits per heavy atom. The number of rotatable bonds is 4. The zero-order chi connectivity index (χ0) is 19.4. The summed E-state index contributed by atoms with van der Waals surface area (Å²) in [5.74, 6) is -0.844. The Morgan fingerprint density at radius 3 is 2.44 bits per heavy atom. The predicted molar refractivity (Wildman–Crippen MR) is 96.8 cm³/mol. The molecule has 1 unspecified atom stereocenters. The van der Waals surface area contributed by atoms with Crippen LogP contribution in [0, 0.1) is 12.7 Å². The van der Waals surface area contributed by atoms with E-state index in [4.69, 9.17) is 4.74 Å². The Hall–Kier alpha value is -3.03. The van der Waals surface area contributed by atoms with E-state index in [0.29, 0.717) is 37.7 Å². The molecular weight excluding hydrogens is 351 g/mol. The van der Waals surface area contributed by atoms with Gasteiger partial charge in [0.15, 0.2) is 6.10 Å². The van der Waals surface area contributed by atoms with Crippen molar-refractivity contribution in [3.63, 3.8) is 0 Å². The SMILES string of the molecule is Cc1ccc(C(=O)OC(C)C(=O)N2CCN(c3ncccn3)CC2)cc1F. The van der Waals surface area contributed by atoms with E-state index in [1.807, 2.05) is 4.90 Å². The van der Waals surface area contributed by atoms with Gasteiger partial charge >= 0.3 is 5.97 Å². The van der Waals surface area contributed by atoms with Crippen LogP contribution in [-0.2, 0) is 9.53 Å². The van der Waals surface area contributed by atoms with E-state index in [9.17, 15) is 14.0 Å². The zero-order valence-electron chi connectivity index (χ0n) is 15.3. The highest BCUT2D eigenvalue weighted by molar-refractivity contribution is 5.92. The number of benzene rings is 1. The van der Waals surface area contributed by atoms with Crippen LogP contribution in [0.4, 0.5) is 10.3 Å². The van der Waals surface area contributed by atoms with Gasteiger partial charge in [-0.1, -0.05) is 6.07 Å². The second kappa shape index (κ2) is 8.11. The van der Waals surface area contributed by atoms with Crippen molar-refractivity contribution in [2.45, 2.75) is 20.0 Å². The summed E-state index contributed by atoms with van der Waals surface area (Å²) in [5, 5.41) is 0. The average molecular weight is 372 g/mol. The second-order valence-electron chi connectivity index (χ2n) is 6.37. The molecule has 1 aliphatic heterocycles. The highest BCUT2D eigenvalue weighted by Crippen LogP contribution is 2.14. The van der Waals surface area contributed by atoms with E-state index in [-0.39, 0.29) is 11.5 Å². The van der Waals surface area contributed by atoms with E-state index in [1.165, 1.54) is 19.1 Å². The first-order valence-corrected chi connectivity index (χ1v) is 8.73. The lowest BCUT2D eigenvalue weighted by atomic mass is 10.1. The molecule has 0 N–H and O–H groups in total. The number of hydrogen-bond donors (Lipinski definition) is 0. The van der Waals surface area contributed by atoms with Crippen LogP contribution >= 0.6 is 0 Å². The molecule has 0 radical (unpaired) electrons. The molecule has 1 aromatic carbocycles. The molecule has 1 amide bonds. The van der Waals surface area contributed by atoms with Crippen LogP contribution in [0.5, 0.6) is 0 Å². The van der Waals surface area contributed by atoms with Crippen LogP contribution in [0.2, 0.25) is 0 Å². The van der Waals surface area contributed by atoms with E-state index in [1.54, 1.807) is 30.3 Å². The van der Waals surface area contributed by atoms with E-state index in [0.717, 1.165) is 6.07 Å². The molecule has 3 rings (SSSR count). The van der Waals surface area contributed by atoms with Crippen molar-refractivity contribution >= 4 is 17.8 Å². The molecule has 1 aliphatic rings. The summed E-state index contributed by atoms with van der Waals surface area (Å²) in [4.78, 5) is 36.8. The molecule has 7 nitrogen and oxygen atoms in total. The molecular formula is C19H21FN4O3. The third-order valence-corrected chi connectivity index (χ3v) is 4.47. The Kier molecular flexibility index (Phi) is 5.63.